The molecular formula is C44H52N8O6. The summed E-state index contributed by atoms with van der Waals surface area (Å²) in [6.07, 6.45) is 6.47. The van der Waals surface area contributed by atoms with Crippen molar-refractivity contribution in [2.45, 2.75) is 90.0 Å². The second kappa shape index (κ2) is 17.1. The van der Waals surface area contributed by atoms with Crippen LogP contribution in [0.1, 0.15) is 83.5 Å². The fourth-order valence-electron chi connectivity index (χ4n) is 8.34. The van der Waals surface area contributed by atoms with Gasteiger partial charge in [0.15, 0.2) is 0 Å². The second-order valence-corrected chi connectivity index (χ2v) is 15.5. The monoisotopic (exact) mass is 788 g/mol. The van der Waals surface area contributed by atoms with Crippen LogP contribution in [-0.4, -0.2) is 92.6 Å². The Balaban J connectivity index is 1.03. The molecule has 2 saturated heterocycles. The highest BCUT2D eigenvalue weighted by Crippen LogP contribution is 2.38. The van der Waals surface area contributed by atoms with Crippen molar-refractivity contribution in [1.82, 2.24) is 40.4 Å². The number of hydrogen-bond donors (Lipinski definition) is 4. The van der Waals surface area contributed by atoms with Crippen LogP contribution >= 0.6 is 0 Å². The van der Waals surface area contributed by atoms with E-state index in [9.17, 15) is 19.2 Å². The minimum atomic E-state index is -0.720. The molecule has 4 amide bonds. The van der Waals surface area contributed by atoms with E-state index in [0.717, 1.165) is 88.2 Å². The summed E-state index contributed by atoms with van der Waals surface area (Å²) in [6, 6.07) is 19.3. The molecule has 0 bridgehead atoms. The average Bonchev–Trinajstić information content (AvgIpc) is 4.08. The molecule has 2 aromatic heterocycles. The molecule has 4 N–H and O–H groups in total. The number of nitrogens with one attached hydrogen (secondary N) is 4. The van der Waals surface area contributed by atoms with Crippen LogP contribution in [0, 0.1) is 5.92 Å². The first-order valence-electron chi connectivity index (χ1n) is 20.1. The summed E-state index contributed by atoms with van der Waals surface area (Å²) in [5.74, 6) is 1.06. The lowest BCUT2D eigenvalue weighted by Crippen LogP contribution is -2.51. The normalized spacial score (nSPS) is 19.0. The number of carbonyl (C=O) groups is 4. The lowest BCUT2D eigenvalue weighted by Gasteiger charge is -2.31. The third-order valence-electron chi connectivity index (χ3n) is 11.5. The van der Waals surface area contributed by atoms with Crippen LogP contribution in [0.5, 0.6) is 0 Å². The number of hydrogen-bond acceptors (Lipinski definition) is 8. The van der Waals surface area contributed by atoms with Crippen LogP contribution in [0.15, 0.2) is 73.1 Å². The lowest BCUT2D eigenvalue weighted by molar-refractivity contribution is -0.136. The molecule has 7 rings (SSSR count). The number of rotatable bonds is 11. The maximum absolute atomic E-state index is 13.6. The molecule has 5 aromatic rings. The number of likely N-dealkylation sites (tertiary alicyclic amines) is 2. The topological polar surface area (TPSA) is 175 Å². The van der Waals surface area contributed by atoms with E-state index in [1.54, 1.807) is 6.92 Å². The quantitative estimate of drug-likeness (QED) is 0.106. The summed E-state index contributed by atoms with van der Waals surface area (Å²) in [5, 5.41) is 7.50. The van der Waals surface area contributed by atoms with Gasteiger partial charge in [-0.15, -0.1) is 0 Å². The Morgan fingerprint density at radius 3 is 1.93 bits per heavy atom. The minimum Gasteiger partial charge on any atom is -0.453 e. The van der Waals surface area contributed by atoms with E-state index < -0.39 is 24.3 Å². The van der Waals surface area contributed by atoms with Gasteiger partial charge < -0.3 is 39.9 Å². The summed E-state index contributed by atoms with van der Waals surface area (Å²) in [7, 11) is 2.57. The number of carbonyl (C=O) groups excluding carboxylic acids is 4. The summed E-state index contributed by atoms with van der Waals surface area (Å²) in [6.45, 7) is 8.15. The number of benzene rings is 3. The van der Waals surface area contributed by atoms with Gasteiger partial charge in [-0.3, -0.25) is 9.59 Å². The van der Waals surface area contributed by atoms with Crippen molar-refractivity contribution in [1.29, 1.82) is 0 Å². The smallest absolute Gasteiger partial charge is 0.407 e. The van der Waals surface area contributed by atoms with E-state index in [-0.39, 0.29) is 35.9 Å². The molecule has 0 aliphatic carbocycles. The predicted molar refractivity (Wildman–Crippen MR) is 220 cm³/mol. The highest BCUT2D eigenvalue weighted by molar-refractivity contribution is 5.91. The van der Waals surface area contributed by atoms with E-state index in [1.165, 1.54) is 14.2 Å². The van der Waals surface area contributed by atoms with Gasteiger partial charge in [0.25, 0.3) is 0 Å². The standard InChI is InChI=1S/C44H52N8O6/c1-7-33-18-19-37(52(33)41(53)26(4)47-43(55)57-5)40-46-23-34(48-40)28-12-10-27(11-13-28)29-14-15-31-22-32(17-16-30(31)21-29)35-24-45-39(49-35)36-9-8-20-51(36)42(54)38(25(2)3)50-44(56)58-6/h10-17,21-26,33,36-38H,7-9,18-20H2,1-6H3,(H,45,49)(H,46,48)(H,47,55)(H,50,56). The Hall–Kier alpha value is -6.18. The number of aromatic nitrogens is 4. The first-order chi connectivity index (χ1) is 28.0. The molecule has 2 aliphatic rings. The predicted octanol–water partition coefficient (Wildman–Crippen LogP) is 7.52. The molecule has 0 saturated carbocycles. The molecular weight excluding hydrogens is 737 g/mol. The van der Waals surface area contributed by atoms with Gasteiger partial charge in [-0.2, -0.15) is 0 Å². The summed E-state index contributed by atoms with van der Waals surface area (Å²) in [4.78, 5) is 70.9. The number of imidazole rings is 2. The number of nitrogens with zero attached hydrogens (tertiary/aromatic N) is 4. The van der Waals surface area contributed by atoms with Crippen molar-refractivity contribution in [2.75, 3.05) is 20.8 Å². The van der Waals surface area contributed by atoms with E-state index in [2.05, 4.69) is 88.2 Å². The fourth-order valence-corrected chi connectivity index (χ4v) is 8.34. The highest BCUT2D eigenvalue weighted by Gasteiger charge is 2.41. The molecule has 5 atom stereocenters. The van der Waals surface area contributed by atoms with Gasteiger partial charge in [0.05, 0.1) is 50.1 Å². The van der Waals surface area contributed by atoms with Crippen molar-refractivity contribution < 1.29 is 28.7 Å². The average molecular weight is 789 g/mol. The second-order valence-electron chi connectivity index (χ2n) is 15.5. The molecule has 3 aromatic carbocycles. The highest BCUT2D eigenvalue weighted by atomic mass is 16.5. The van der Waals surface area contributed by atoms with Crippen LogP contribution in [0.25, 0.3) is 44.4 Å². The largest absolute Gasteiger partial charge is 0.453 e. The molecule has 5 unspecified atom stereocenters. The molecule has 0 spiro atoms. The number of ether oxygens (including phenoxy) is 2. The Kier molecular flexibility index (Phi) is 11.8. The SMILES string of the molecule is CCC1CCC(c2ncc(-c3ccc(-c4ccc5cc(-c6cnc(C7CCCN7C(=O)C(NC(=O)OC)C(C)C)[nH]6)ccc5c4)cc3)[nH]2)N1C(=O)C(C)NC(=O)OC. The van der Waals surface area contributed by atoms with Crippen LogP contribution < -0.4 is 10.6 Å². The van der Waals surface area contributed by atoms with E-state index in [4.69, 9.17) is 19.4 Å². The van der Waals surface area contributed by atoms with Crippen LogP contribution in [-0.2, 0) is 19.1 Å². The van der Waals surface area contributed by atoms with Gasteiger partial charge in [0, 0.05) is 18.2 Å². The molecule has 58 heavy (non-hydrogen) atoms. The summed E-state index contributed by atoms with van der Waals surface area (Å²) in [5.41, 5.74) is 5.88. The number of H-pyrrole nitrogens is 2. The van der Waals surface area contributed by atoms with Crippen molar-refractivity contribution in [3.8, 4) is 33.6 Å². The Morgan fingerprint density at radius 2 is 1.29 bits per heavy atom. The first-order valence-corrected chi connectivity index (χ1v) is 20.1. The van der Waals surface area contributed by atoms with Crippen molar-refractivity contribution >= 4 is 34.8 Å². The van der Waals surface area contributed by atoms with Gasteiger partial charge >= 0.3 is 12.2 Å². The molecule has 2 aliphatic heterocycles. The third-order valence-corrected chi connectivity index (χ3v) is 11.5. The van der Waals surface area contributed by atoms with Gasteiger partial charge in [-0.25, -0.2) is 19.6 Å². The van der Waals surface area contributed by atoms with E-state index >= 15 is 0 Å². The zero-order chi connectivity index (χ0) is 41.1. The molecule has 4 heterocycles. The molecule has 14 heteroatoms. The third kappa shape index (κ3) is 8.13. The number of amides is 4. The maximum Gasteiger partial charge on any atom is 0.407 e. The van der Waals surface area contributed by atoms with Crippen LogP contribution in [0.2, 0.25) is 0 Å². The van der Waals surface area contributed by atoms with E-state index in [0.29, 0.717) is 6.54 Å². The minimum absolute atomic E-state index is 0.0635. The van der Waals surface area contributed by atoms with Gasteiger partial charge in [-0.05, 0) is 84.5 Å². The molecule has 14 nitrogen and oxygen atoms in total. The van der Waals surface area contributed by atoms with Crippen molar-refractivity contribution in [3.63, 3.8) is 0 Å². The van der Waals surface area contributed by atoms with E-state index in [1.807, 2.05) is 36.0 Å². The zero-order valence-electron chi connectivity index (χ0n) is 33.9. The number of fused-ring (bicyclic) bond motifs is 1. The Labute approximate surface area is 338 Å². The van der Waals surface area contributed by atoms with Crippen molar-refractivity contribution in [2.24, 2.45) is 5.92 Å². The Morgan fingerprint density at radius 1 is 0.724 bits per heavy atom. The molecule has 2 fully saturated rings. The summed E-state index contributed by atoms with van der Waals surface area (Å²) >= 11 is 0. The van der Waals surface area contributed by atoms with Crippen LogP contribution in [0.3, 0.4) is 0 Å². The first kappa shape index (κ1) is 40.0. The lowest BCUT2D eigenvalue weighted by atomic mass is 9.98. The number of methoxy groups -OCH3 is 2. The van der Waals surface area contributed by atoms with Crippen molar-refractivity contribution in [3.05, 3.63) is 84.7 Å². The number of aromatic amines is 2. The zero-order valence-corrected chi connectivity index (χ0v) is 33.9. The number of alkyl carbamates (subject to hydrolysis) is 2. The van der Waals surface area contributed by atoms with Crippen LogP contribution in [0.4, 0.5) is 9.59 Å². The fraction of sp³-hybridized carbons (Fsp3) is 0.409. The molecule has 304 valence electrons. The maximum atomic E-state index is 13.6. The Bertz CT molecular complexity index is 2280. The van der Waals surface area contributed by atoms with Gasteiger partial charge in [0.1, 0.15) is 23.7 Å². The van der Waals surface area contributed by atoms with Gasteiger partial charge in [-0.1, -0.05) is 69.3 Å². The molecule has 0 radical (unpaired) electrons. The summed E-state index contributed by atoms with van der Waals surface area (Å²) < 4.78 is 9.47. The van der Waals surface area contributed by atoms with Gasteiger partial charge in [0.2, 0.25) is 11.8 Å².